The predicted molar refractivity (Wildman–Crippen MR) is 100 cm³/mol. The number of hydrogen-bond acceptors (Lipinski definition) is 3. The van der Waals surface area contributed by atoms with Gasteiger partial charge in [-0.05, 0) is 24.1 Å². The van der Waals surface area contributed by atoms with Crippen LogP contribution in [0.2, 0.25) is 0 Å². The van der Waals surface area contributed by atoms with E-state index in [0.717, 1.165) is 34.7 Å². The van der Waals surface area contributed by atoms with Gasteiger partial charge in [0.2, 0.25) is 0 Å². The maximum Gasteiger partial charge on any atom is 0.257 e. The third-order valence-electron chi connectivity index (χ3n) is 4.29. The van der Waals surface area contributed by atoms with Crippen molar-refractivity contribution >= 4 is 23.0 Å². The third kappa shape index (κ3) is 2.80. The molecular weight excluding hydrogens is 312 g/mol. The minimum Gasteiger partial charge on any atom is -0.346 e. The number of carbonyl (C=O) groups excluding carboxylic acids is 1. The first-order valence-corrected chi connectivity index (χ1v) is 8.26. The highest BCUT2D eigenvalue weighted by Crippen LogP contribution is 2.35. The summed E-state index contributed by atoms with van der Waals surface area (Å²) in [4.78, 5) is 12.4. The standard InChI is InChI=1S/C20H18N4O/c1-2-24-19(10-11-22-24)21-13-17-16-9-8-15(12-18(16)23-20(17)25)14-6-4-3-5-7-14/h3-13,21H,2H2,1H3,(H,23,25). The van der Waals surface area contributed by atoms with Crippen LogP contribution in [0.25, 0.3) is 16.7 Å². The summed E-state index contributed by atoms with van der Waals surface area (Å²) in [5.41, 5.74) is 4.57. The SMILES string of the molecule is CCn1nccc1NC=C1C(=O)Nc2cc(-c3ccccc3)ccc21. The lowest BCUT2D eigenvalue weighted by atomic mass is 10.0. The molecule has 1 amide bonds. The Hall–Kier alpha value is -3.34. The van der Waals surface area contributed by atoms with Gasteiger partial charge in [0, 0.05) is 30.1 Å². The molecule has 2 aromatic carbocycles. The summed E-state index contributed by atoms with van der Waals surface area (Å²) in [5, 5.41) is 10.3. The molecule has 0 saturated heterocycles. The molecule has 1 aliphatic heterocycles. The lowest BCUT2D eigenvalue weighted by Crippen LogP contribution is -2.07. The predicted octanol–water partition coefficient (Wildman–Crippen LogP) is 3.98. The van der Waals surface area contributed by atoms with Crippen molar-refractivity contribution in [2.45, 2.75) is 13.5 Å². The molecule has 0 radical (unpaired) electrons. The Bertz CT molecular complexity index is 957. The molecule has 2 N–H and O–H groups in total. The zero-order chi connectivity index (χ0) is 17.2. The van der Waals surface area contributed by atoms with Crippen molar-refractivity contribution in [1.82, 2.24) is 9.78 Å². The molecule has 0 bridgehead atoms. The Kier molecular flexibility index (Phi) is 3.82. The van der Waals surface area contributed by atoms with Gasteiger partial charge in [-0.1, -0.05) is 42.5 Å². The maximum atomic E-state index is 12.4. The summed E-state index contributed by atoms with van der Waals surface area (Å²) in [6, 6.07) is 18.0. The zero-order valence-electron chi connectivity index (χ0n) is 13.9. The normalized spacial score (nSPS) is 14.4. The maximum absolute atomic E-state index is 12.4. The quantitative estimate of drug-likeness (QED) is 0.712. The number of carbonyl (C=O) groups is 1. The number of nitrogens with one attached hydrogen (secondary N) is 2. The molecule has 0 atom stereocenters. The van der Waals surface area contributed by atoms with Gasteiger partial charge in [-0.25, -0.2) is 4.68 Å². The van der Waals surface area contributed by atoms with Crippen LogP contribution in [0.3, 0.4) is 0 Å². The van der Waals surface area contributed by atoms with Gasteiger partial charge < -0.3 is 10.6 Å². The smallest absolute Gasteiger partial charge is 0.257 e. The highest BCUT2D eigenvalue weighted by atomic mass is 16.2. The molecule has 1 aliphatic rings. The van der Waals surface area contributed by atoms with Gasteiger partial charge in [0.25, 0.3) is 5.91 Å². The second-order valence-electron chi connectivity index (χ2n) is 5.82. The molecule has 2 heterocycles. The summed E-state index contributed by atoms with van der Waals surface area (Å²) in [6.45, 7) is 2.79. The average molecular weight is 330 g/mol. The van der Waals surface area contributed by atoms with Crippen LogP contribution in [-0.2, 0) is 11.3 Å². The molecular formula is C20H18N4O. The van der Waals surface area contributed by atoms with Gasteiger partial charge in [-0.2, -0.15) is 5.10 Å². The van der Waals surface area contributed by atoms with Crippen molar-refractivity contribution in [3.63, 3.8) is 0 Å². The molecule has 124 valence electrons. The summed E-state index contributed by atoms with van der Waals surface area (Å²) in [5.74, 6) is 0.757. The summed E-state index contributed by atoms with van der Waals surface area (Å²) < 4.78 is 1.84. The van der Waals surface area contributed by atoms with Gasteiger partial charge in [0.05, 0.1) is 11.8 Å². The second-order valence-corrected chi connectivity index (χ2v) is 5.82. The first kappa shape index (κ1) is 15.2. The van der Waals surface area contributed by atoms with Crippen molar-refractivity contribution in [2.75, 3.05) is 10.6 Å². The van der Waals surface area contributed by atoms with E-state index >= 15 is 0 Å². The number of fused-ring (bicyclic) bond motifs is 1. The van der Waals surface area contributed by atoms with Crippen molar-refractivity contribution in [3.05, 3.63) is 72.6 Å². The molecule has 4 rings (SSSR count). The van der Waals surface area contributed by atoms with Crippen LogP contribution in [0.1, 0.15) is 12.5 Å². The van der Waals surface area contributed by atoms with Crippen molar-refractivity contribution in [1.29, 1.82) is 0 Å². The van der Waals surface area contributed by atoms with E-state index in [1.165, 1.54) is 0 Å². The van der Waals surface area contributed by atoms with Crippen LogP contribution in [0.5, 0.6) is 0 Å². The van der Waals surface area contributed by atoms with Crippen molar-refractivity contribution in [2.24, 2.45) is 0 Å². The fraction of sp³-hybridized carbons (Fsp3) is 0.100. The minimum atomic E-state index is -0.102. The van der Waals surface area contributed by atoms with E-state index in [4.69, 9.17) is 0 Å². The van der Waals surface area contributed by atoms with E-state index < -0.39 is 0 Å². The molecule has 0 unspecified atom stereocenters. The first-order chi connectivity index (χ1) is 12.3. The molecule has 1 aromatic heterocycles. The van der Waals surface area contributed by atoms with E-state index in [1.54, 1.807) is 12.4 Å². The third-order valence-corrected chi connectivity index (χ3v) is 4.29. The lowest BCUT2D eigenvalue weighted by Gasteiger charge is -2.06. The van der Waals surface area contributed by atoms with Crippen molar-refractivity contribution in [3.8, 4) is 11.1 Å². The van der Waals surface area contributed by atoms with E-state index in [-0.39, 0.29) is 5.91 Å². The molecule has 25 heavy (non-hydrogen) atoms. The Balaban J connectivity index is 1.65. The Morgan fingerprint density at radius 1 is 1.12 bits per heavy atom. The summed E-state index contributed by atoms with van der Waals surface area (Å²) in [7, 11) is 0. The highest BCUT2D eigenvalue weighted by Gasteiger charge is 2.24. The number of aryl methyl sites for hydroxylation is 1. The topological polar surface area (TPSA) is 59.0 Å². The number of amides is 1. The first-order valence-electron chi connectivity index (χ1n) is 8.26. The van der Waals surface area contributed by atoms with Gasteiger partial charge in [-0.3, -0.25) is 4.79 Å². The monoisotopic (exact) mass is 330 g/mol. The average Bonchev–Trinajstić information content (AvgIpc) is 3.23. The van der Waals surface area contributed by atoms with E-state index in [1.807, 2.05) is 54.1 Å². The molecule has 0 spiro atoms. The van der Waals surface area contributed by atoms with E-state index in [2.05, 4.69) is 27.9 Å². The van der Waals surface area contributed by atoms with Gasteiger partial charge in [0.1, 0.15) is 5.82 Å². The van der Waals surface area contributed by atoms with Gasteiger partial charge >= 0.3 is 0 Å². The largest absolute Gasteiger partial charge is 0.346 e. The number of hydrogen-bond donors (Lipinski definition) is 2. The van der Waals surface area contributed by atoms with Crippen LogP contribution in [0, 0.1) is 0 Å². The summed E-state index contributed by atoms with van der Waals surface area (Å²) >= 11 is 0. The number of nitrogens with zero attached hydrogens (tertiary/aromatic N) is 2. The van der Waals surface area contributed by atoms with Crippen LogP contribution in [0.4, 0.5) is 11.5 Å². The number of anilines is 2. The zero-order valence-corrected chi connectivity index (χ0v) is 13.9. The molecule has 0 fully saturated rings. The fourth-order valence-corrected chi connectivity index (χ4v) is 3.00. The Morgan fingerprint density at radius 3 is 2.76 bits per heavy atom. The lowest BCUT2D eigenvalue weighted by molar-refractivity contribution is -0.110. The number of aromatic nitrogens is 2. The molecule has 5 heteroatoms. The molecule has 3 aromatic rings. The molecule has 0 aliphatic carbocycles. The van der Waals surface area contributed by atoms with Gasteiger partial charge in [0.15, 0.2) is 0 Å². The van der Waals surface area contributed by atoms with E-state index in [9.17, 15) is 4.79 Å². The number of benzene rings is 2. The minimum absolute atomic E-state index is 0.102. The van der Waals surface area contributed by atoms with E-state index in [0.29, 0.717) is 5.57 Å². The van der Waals surface area contributed by atoms with Crippen molar-refractivity contribution < 1.29 is 4.79 Å². The van der Waals surface area contributed by atoms with Gasteiger partial charge in [-0.15, -0.1) is 0 Å². The van der Waals surface area contributed by atoms with Crippen LogP contribution < -0.4 is 10.6 Å². The second kappa shape index (κ2) is 6.28. The van der Waals surface area contributed by atoms with Crippen LogP contribution in [-0.4, -0.2) is 15.7 Å². The highest BCUT2D eigenvalue weighted by molar-refractivity contribution is 6.31. The Morgan fingerprint density at radius 2 is 1.96 bits per heavy atom. The number of rotatable bonds is 4. The fourth-order valence-electron chi connectivity index (χ4n) is 3.00. The van der Waals surface area contributed by atoms with Crippen LogP contribution in [0.15, 0.2) is 67.0 Å². The molecule has 0 saturated carbocycles. The summed E-state index contributed by atoms with van der Waals surface area (Å²) in [6.07, 6.45) is 3.48. The Labute approximate surface area is 146 Å². The molecule has 5 nitrogen and oxygen atoms in total. The van der Waals surface area contributed by atoms with Crippen LogP contribution >= 0.6 is 0 Å².